The van der Waals surface area contributed by atoms with Crippen molar-refractivity contribution in [1.82, 2.24) is 0 Å². The number of rotatable bonds is 4. The molecule has 0 heterocycles. The highest BCUT2D eigenvalue weighted by molar-refractivity contribution is 6.34. The van der Waals surface area contributed by atoms with Gasteiger partial charge in [-0.1, -0.05) is 115 Å². The molecule has 0 atom stereocenters. The van der Waals surface area contributed by atoms with Gasteiger partial charge >= 0.3 is 0 Å². The Morgan fingerprint density at radius 2 is 0.936 bits per heavy atom. The summed E-state index contributed by atoms with van der Waals surface area (Å²) < 4.78 is 0. The zero-order valence-corrected chi connectivity index (χ0v) is 25.3. The maximum absolute atomic E-state index is 9.45. The standard InChI is InChI=1S/C44H25N3/c45-26-28(27-46)23-33-17-20-39-40-21-22-42(41-14-6-13-38(44(40)41)37-12-5-11-36(33)43(37)39)47(34-18-15-29-7-1-3-9-31(29)24-34)35-19-16-30-8-2-4-10-32(30)25-35/h1-25H. The Balaban J connectivity index is 1.36. The Labute approximate surface area is 271 Å². The molecular formula is C44H25N3. The molecule has 0 unspecified atom stereocenters. The first-order valence-corrected chi connectivity index (χ1v) is 15.6. The summed E-state index contributed by atoms with van der Waals surface area (Å²) in [7, 11) is 0. The number of allylic oxidation sites excluding steroid dienone is 1. The van der Waals surface area contributed by atoms with E-state index in [2.05, 4.69) is 144 Å². The fourth-order valence-corrected chi connectivity index (χ4v) is 7.34. The average molecular weight is 596 g/mol. The number of fused-ring (bicyclic) bond motifs is 4. The lowest BCUT2D eigenvalue weighted by Crippen LogP contribution is -2.10. The monoisotopic (exact) mass is 595 g/mol. The molecule has 3 heteroatoms. The minimum atomic E-state index is 0.0936. The van der Waals surface area contributed by atoms with Crippen LogP contribution in [0.5, 0.6) is 0 Å². The van der Waals surface area contributed by atoms with Crippen LogP contribution in [-0.4, -0.2) is 0 Å². The van der Waals surface area contributed by atoms with E-state index in [4.69, 9.17) is 0 Å². The second-order valence-electron chi connectivity index (χ2n) is 12.0. The topological polar surface area (TPSA) is 50.8 Å². The molecule has 0 aliphatic rings. The lowest BCUT2D eigenvalue weighted by Gasteiger charge is -2.28. The Morgan fingerprint density at radius 3 is 1.53 bits per heavy atom. The van der Waals surface area contributed by atoms with Gasteiger partial charge in [-0.2, -0.15) is 10.5 Å². The van der Waals surface area contributed by atoms with Crippen molar-refractivity contribution in [2.45, 2.75) is 0 Å². The Morgan fingerprint density at radius 1 is 0.447 bits per heavy atom. The largest absolute Gasteiger partial charge is 0.310 e. The molecule has 9 aromatic rings. The molecule has 0 saturated heterocycles. The summed E-state index contributed by atoms with van der Waals surface area (Å²) in [4.78, 5) is 2.39. The van der Waals surface area contributed by atoms with Gasteiger partial charge in [0.2, 0.25) is 0 Å². The highest BCUT2D eigenvalue weighted by Crippen LogP contribution is 2.47. The SMILES string of the molecule is N#CC(C#N)=Cc1ccc2c3ccc(N(c4ccc5ccccc5c4)c4ccc5ccccc5c4)c4cccc(c5cccc1c52)c43. The second-order valence-corrected chi connectivity index (χ2v) is 12.0. The van der Waals surface area contributed by atoms with Crippen LogP contribution in [-0.2, 0) is 0 Å². The quantitative estimate of drug-likeness (QED) is 0.116. The van der Waals surface area contributed by atoms with Crippen LogP contribution in [0.1, 0.15) is 5.56 Å². The number of nitriles is 2. The average Bonchev–Trinajstić information content (AvgIpc) is 3.13. The van der Waals surface area contributed by atoms with Crippen molar-refractivity contribution < 1.29 is 0 Å². The van der Waals surface area contributed by atoms with Crippen molar-refractivity contribution in [2.24, 2.45) is 0 Å². The van der Waals surface area contributed by atoms with Gasteiger partial charge in [-0.3, -0.25) is 0 Å². The first kappa shape index (κ1) is 26.7. The molecule has 0 aromatic heterocycles. The van der Waals surface area contributed by atoms with E-state index in [1.54, 1.807) is 6.08 Å². The molecule has 0 amide bonds. The summed E-state index contributed by atoms with van der Waals surface area (Å²) >= 11 is 0. The molecule has 216 valence electrons. The maximum atomic E-state index is 9.45. The summed E-state index contributed by atoms with van der Waals surface area (Å²) in [5.74, 6) is 0. The minimum absolute atomic E-state index is 0.0936. The smallest absolute Gasteiger partial charge is 0.130 e. The molecule has 0 aliphatic carbocycles. The van der Waals surface area contributed by atoms with E-state index in [-0.39, 0.29) is 5.57 Å². The maximum Gasteiger partial charge on any atom is 0.130 e. The van der Waals surface area contributed by atoms with Gasteiger partial charge in [-0.15, -0.1) is 0 Å². The Hall–Kier alpha value is -6.68. The van der Waals surface area contributed by atoms with Gasteiger partial charge < -0.3 is 4.90 Å². The van der Waals surface area contributed by atoms with Gasteiger partial charge in [-0.25, -0.2) is 0 Å². The van der Waals surface area contributed by atoms with Crippen molar-refractivity contribution in [1.29, 1.82) is 10.5 Å². The highest BCUT2D eigenvalue weighted by atomic mass is 15.1. The van der Waals surface area contributed by atoms with E-state index < -0.39 is 0 Å². The van der Waals surface area contributed by atoms with E-state index in [0.717, 1.165) is 44.2 Å². The molecule has 0 radical (unpaired) electrons. The molecule has 3 nitrogen and oxygen atoms in total. The molecular weight excluding hydrogens is 571 g/mol. The van der Waals surface area contributed by atoms with Gasteiger partial charge in [0.1, 0.15) is 17.7 Å². The molecule has 0 fully saturated rings. The van der Waals surface area contributed by atoms with Crippen LogP contribution in [0, 0.1) is 22.7 Å². The van der Waals surface area contributed by atoms with Crippen LogP contribution in [0.4, 0.5) is 17.1 Å². The molecule has 0 bridgehead atoms. The number of hydrogen-bond donors (Lipinski definition) is 0. The van der Waals surface area contributed by atoms with Crippen molar-refractivity contribution in [3.05, 3.63) is 157 Å². The van der Waals surface area contributed by atoms with Crippen molar-refractivity contribution in [2.75, 3.05) is 4.90 Å². The summed E-state index contributed by atoms with van der Waals surface area (Å²) in [5, 5.41) is 32.9. The normalized spacial score (nSPS) is 11.4. The second kappa shape index (κ2) is 10.5. The summed E-state index contributed by atoms with van der Waals surface area (Å²) in [6.07, 6.45) is 1.69. The molecule has 0 N–H and O–H groups in total. The van der Waals surface area contributed by atoms with Crippen LogP contribution in [0.15, 0.2) is 151 Å². The summed E-state index contributed by atoms with van der Waals surface area (Å²) in [6, 6.07) is 56.1. The van der Waals surface area contributed by atoms with Gasteiger partial charge in [0.05, 0.1) is 5.69 Å². The van der Waals surface area contributed by atoms with Crippen LogP contribution in [0.2, 0.25) is 0 Å². The first-order chi connectivity index (χ1) is 23.2. The van der Waals surface area contributed by atoms with Crippen molar-refractivity contribution >= 4 is 87.8 Å². The highest BCUT2D eigenvalue weighted by Gasteiger charge is 2.20. The third kappa shape index (κ3) is 4.12. The van der Waals surface area contributed by atoms with Gasteiger partial charge in [0.25, 0.3) is 0 Å². The van der Waals surface area contributed by atoms with E-state index in [9.17, 15) is 10.5 Å². The van der Waals surface area contributed by atoms with E-state index in [1.807, 2.05) is 18.2 Å². The fraction of sp³-hybridized carbons (Fsp3) is 0. The minimum Gasteiger partial charge on any atom is -0.310 e. The lowest BCUT2D eigenvalue weighted by atomic mass is 9.87. The third-order valence-corrected chi connectivity index (χ3v) is 9.44. The number of nitrogens with zero attached hydrogens (tertiary/aromatic N) is 3. The summed E-state index contributed by atoms with van der Waals surface area (Å²) in [6.45, 7) is 0. The van der Waals surface area contributed by atoms with Crippen molar-refractivity contribution in [3.8, 4) is 12.1 Å². The lowest BCUT2D eigenvalue weighted by molar-refractivity contribution is 1.31. The van der Waals surface area contributed by atoms with Gasteiger partial charge in [0.15, 0.2) is 0 Å². The molecule has 47 heavy (non-hydrogen) atoms. The fourth-order valence-electron chi connectivity index (χ4n) is 7.34. The summed E-state index contributed by atoms with van der Waals surface area (Å²) in [5.41, 5.74) is 4.27. The van der Waals surface area contributed by atoms with Crippen LogP contribution >= 0.6 is 0 Å². The van der Waals surface area contributed by atoms with Crippen molar-refractivity contribution in [3.63, 3.8) is 0 Å². The zero-order chi connectivity index (χ0) is 31.5. The predicted molar refractivity (Wildman–Crippen MR) is 197 cm³/mol. The number of hydrogen-bond acceptors (Lipinski definition) is 3. The van der Waals surface area contributed by atoms with Crippen LogP contribution in [0.3, 0.4) is 0 Å². The Kier molecular flexibility index (Phi) is 5.94. The molecule has 9 rings (SSSR count). The number of benzene rings is 9. The first-order valence-electron chi connectivity index (χ1n) is 15.6. The van der Waals surface area contributed by atoms with Crippen LogP contribution < -0.4 is 4.90 Å². The molecule has 0 saturated carbocycles. The molecule has 0 spiro atoms. The van der Waals surface area contributed by atoms with E-state index >= 15 is 0 Å². The van der Waals surface area contributed by atoms with Gasteiger partial charge in [-0.05, 0) is 101 Å². The van der Waals surface area contributed by atoms with Gasteiger partial charge in [0, 0.05) is 16.8 Å². The Bertz CT molecular complexity index is 2710. The van der Waals surface area contributed by atoms with E-state index in [1.165, 1.54) is 43.1 Å². The molecule has 0 aliphatic heterocycles. The predicted octanol–water partition coefficient (Wildman–Crippen LogP) is 11.9. The zero-order valence-electron chi connectivity index (χ0n) is 25.3. The number of anilines is 3. The third-order valence-electron chi connectivity index (χ3n) is 9.44. The van der Waals surface area contributed by atoms with Crippen LogP contribution in [0.25, 0.3) is 70.7 Å². The molecule has 9 aromatic carbocycles. The van der Waals surface area contributed by atoms with E-state index in [0.29, 0.717) is 0 Å².